The van der Waals surface area contributed by atoms with Crippen LogP contribution >= 0.6 is 11.8 Å². The molecule has 0 aromatic carbocycles. The van der Waals surface area contributed by atoms with Crippen molar-refractivity contribution in [1.82, 2.24) is 0 Å². The Hall–Kier alpha value is 0.820. The minimum atomic E-state index is -0.716. The van der Waals surface area contributed by atoms with Crippen molar-refractivity contribution < 1.29 is 40.9 Å². The van der Waals surface area contributed by atoms with Crippen LogP contribution in [-0.2, 0) is 0 Å². The predicted octanol–water partition coefficient (Wildman–Crippen LogP) is -0.153. The van der Waals surface area contributed by atoms with E-state index in [0.29, 0.717) is 5.25 Å². The Morgan fingerprint density at radius 1 is 1.36 bits per heavy atom. The molecule has 1 aliphatic rings. The summed E-state index contributed by atoms with van der Waals surface area (Å²) >= 11 is 1.09. The van der Waals surface area contributed by atoms with Gasteiger partial charge in [-0.05, 0) is 24.6 Å². The summed E-state index contributed by atoms with van der Waals surface area (Å²) in [5.41, 5.74) is 0. The van der Waals surface area contributed by atoms with E-state index in [-0.39, 0.29) is 31.0 Å². The zero-order valence-corrected chi connectivity index (χ0v) is 9.69. The average molecular weight is 184 g/mol. The van der Waals surface area contributed by atoms with Crippen LogP contribution in [0.15, 0.2) is 0 Å². The zero-order valence-electron chi connectivity index (χ0n) is 7.88. The van der Waals surface area contributed by atoms with Crippen molar-refractivity contribution >= 4 is 17.1 Å². The minimum absolute atomic E-state index is 0. The third-order valence-corrected chi connectivity index (χ3v) is 2.83. The van der Waals surface area contributed by atoms with Gasteiger partial charge in [0.25, 0.3) is 0 Å². The standard InChI is InChI=1S/C7H12O2S.Na.H/c8-7(9)10-6-4-2-1-3-5-6;;/h6H,1-5H2,(H,8,9);;/q;+1;-1. The van der Waals surface area contributed by atoms with Gasteiger partial charge < -0.3 is 6.53 Å². The second kappa shape index (κ2) is 6.35. The molecule has 0 aromatic heterocycles. The smallest absolute Gasteiger partial charge is 1.00 e. The van der Waals surface area contributed by atoms with Gasteiger partial charge in [0.1, 0.15) is 0 Å². The first-order valence-electron chi connectivity index (χ1n) is 3.68. The fourth-order valence-corrected chi connectivity index (χ4v) is 2.18. The molecule has 0 spiro atoms. The summed E-state index contributed by atoms with van der Waals surface area (Å²) in [6, 6.07) is 0. The third-order valence-electron chi connectivity index (χ3n) is 1.82. The van der Waals surface area contributed by atoms with E-state index in [1.165, 1.54) is 19.3 Å². The van der Waals surface area contributed by atoms with E-state index < -0.39 is 5.30 Å². The van der Waals surface area contributed by atoms with Crippen molar-refractivity contribution in [2.75, 3.05) is 0 Å². The molecular formula is C7H13NaO2S. The number of hydrogen-bond acceptors (Lipinski definition) is 2. The van der Waals surface area contributed by atoms with E-state index in [1.807, 2.05) is 0 Å². The Kier molecular flexibility index (Phi) is 6.82. The van der Waals surface area contributed by atoms with Crippen LogP contribution in [0.1, 0.15) is 33.5 Å². The SMILES string of the molecule is O=C(O)SC1CCCCC1.[H-].[Na+]. The molecule has 0 atom stereocenters. The van der Waals surface area contributed by atoms with Gasteiger partial charge in [0.2, 0.25) is 0 Å². The molecule has 0 amide bonds. The molecule has 4 heteroatoms. The van der Waals surface area contributed by atoms with Crippen LogP contribution in [0.25, 0.3) is 0 Å². The van der Waals surface area contributed by atoms with Crippen molar-refractivity contribution in [3.05, 3.63) is 0 Å². The number of hydrogen-bond donors (Lipinski definition) is 1. The Morgan fingerprint density at radius 2 is 1.91 bits per heavy atom. The van der Waals surface area contributed by atoms with Gasteiger partial charge >= 0.3 is 34.9 Å². The van der Waals surface area contributed by atoms with Crippen LogP contribution < -0.4 is 29.6 Å². The molecule has 0 unspecified atom stereocenters. The maximum atomic E-state index is 10.2. The van der Waals surface area contributed by atoms with Crippen LogP contribution in [0.2, 0.25) is 0 Å². The van der Waals surface area contributed by atoms with Crippen molar-refractivity contribution in [1.29, 1.82) is 0 Å². The van der Waals surface area contributed by atoms with Gasteiger partial charge in [-0.3, -0.25) is 0 Å². The van der Waals surface area contributed by atoms with Gasteiger partial charge in [-0.15, -0.1) is 0 Å². The maximum Gasteiger partial charge on any atom is 1.00 e. The van der Waals surface area contributed by atoms with Crippen LogP contribution in [0.5, 0.6) is 0 Å². The predicted molar refractivity (Wildman–Crippen MR) is 43.6 cm³/mol. The van der Waals surface area contributed by atoms with Crippen molar-refractivity contribution in [3.63, 3.8) is 0 Å². The number of thioether (sulfide) groups is 1. The summed E-state index contributed by atoms with van der Waals surface area (Å²) in [7, 11) is 0. The molecule has 0 bridgehead atoms. The monoisotopic (exact) mass is 184 g/mol. The molecule has 2 nitrogen and oxygen atoms in total. The van der Waals surface area contributed by atoms with Gasteiger partial charge in [-0.25, -0.2) is 4.79 Å². The summed E-state index contributed by atoms with van der Waals surface area (Å²) in [6.45, 7) is 0. The van der Waals surface area contributed by atoms with Crippen LogP contribution in [0, 0.1) is 0 Å². The van der Waals surface area contributed by atoms with Crippen LogP contribution in [0.4, 0.5) is 4.79 Å². The van der Waals surface area contributed by atoms with Crippen molar-refractivity contribution in [3.8, 4) is 0 Å². The van der Waals surface area contributed by atoms with Crippen LogP contribution in [0.3, 0.4) is 0 Å². The molecule has 0 aromatic rings. The molecule has 1 N–H and O–H groups in total. The number of carbonyl (C=O) groups is 1. The Bertz CT molecular complexity index is 129. The molecule has 1 rings (SSSR count). The largest absolute Gasteiger partial charge is 1.00 e. The fourth-order valence-electron chi connectivity index (χ4n) is 1.33. The van der Waals surface area contributed by atoms with E-state index in [2.05, 4.69) is 0 Å². The molecule has 1 aliphatic carbocycles. The summed E-state index contributed by atoms with van der Waals surface area (Å²) < 4.78 is 0. The summed E-state index contributed by atoms with van der Waals surface area (Å²) in [5, 5.41) is 8.11. The van der Waals surface area contributed by atoms with Crippen molar-refractivity contribution in [2.45, 2.75) is 37.4 Å². The molecule has 60 valence electrons. The Balaban J connectivity index is 0. The van der Waals surface area contributed by atoms with Gasteiger partial charge in [0.05, 0.1) is 0 Å². The molecular weight excluding hydrogens is 171 g/mol. The van der Waals surface area contributed by atoms with Crippen molar-refractivity contribution in [2.24, 2.45) is 0 Å². The first kappa shape index (κ1) is 11.8. The average Bonchev–Trinajstić information content (AvgIpc) is 1.88. The third kappa shape index (κ3) is 5.12. The molecule has 0 radical (unpaired) electrons. The molecule has 0 saturated heterocycles. The number of carboxylic acid groups (broad SMARTS) is 1. The normalized spacial score (nSPS) is 18.9. The molecule has 11 heavy (non-hydrogen) atoms. The van der Waals surface area contributed by atoms with Gasteiger partial charge in [-0.2, -0.15) is 0 Å². The Labute approximate surface area is 94.9 Å². The summed E-state index contributed by atoms with van der Waals surface area (Å²) in [6.07, 6.45) is 5.90. The quantitative estimate of drug-likeness (QED) is 0.576. The van der Waals surface area contributed by atoms with Gasteiger partial charge in [-0.1, -0.05) is 19.3 Å². The Morgan fingerprint density at radius 3 is 2.36 bits per heavy atom. The maximum absolute atomic E-state index is 10.2. The van der Waals surface area contributed by atoms with Gasteiger partial charge in [0, 0.05) is 5.25 Å². The first-order chi connectivity index (χ1) is 4.79. The summed E-state index contributed by atoms with van der Waals surface area (Å²) in [4.78, 5) is 10.2. The topological polar surface area (TPSA) is 37.3 Å². The summed E-state index contributed by atoms with van der Waals surface area (Å²) in [5.74, 6) is 0. The second-order valence-corrected chi connectivity index (χ2v) is 3.90. The van der Waals surface area contributed by atoms with E-state index in [1.54, 1.807) is 0 Å². The van der Waals surface area contributed by atoms with E-state index in [4.69, 9.17) is 5.11 Å². The second-order valence-electron chi connectivity index (χ2n) is 2.64. The number of rotatable bonds is 1. The van der Waals surface area contributed by atoms with Crippen LogP contribution in [-0.4, -0.2) is 15.7 Å². The zero-order chi connectivity index (χ0) is 7.40. The molecule has 1 fully saturated rings. The van der Waals surface area contributed by atoms with E-state index >= 15 is 0 Å². The van der Waals surface area contributed by atoms with E-state index in [0.717, 1.165) is 24.6 Å². The fraction of sp³-hybridized carbons (Fsp3) is 0.857. The minimum Gasteiger partial charge on any atom is -1.00 e. The first-order valence-corrected chi connectivity index (χ1v) is 4.56. The molecule has 0 heterocycles. The van der Waals surface area contributed by atoms with E-state index in [9.17, 15) is 4.79 Å². The molecule has 0 aliphatic heterocycles. The molecule has 1 saturated carbocycles. The van der Waals surface area contributed by atoms with Gasteiger partial charge in [0.15, 0.2) is 0 Å².